The highest BCUT2D eigenvalue weighted by Gasteiger charge is 2.21. The first kappa shape index (κ1) is 32.8. The lowest BCUT2D eigenvalue weighted by molar-refractivity contribution is 0.254. The van der Waals surface area contributed by atoms with Crippen molar-refractivity contribution in [2.75, 3.05) is 56.3 Å². The van der Waals surface area contributed by atoms with Crippen LogP contribution in [0.2, 0.25) is 0 Å². The summed E-state index contributed by atoms with van der Waals surface area (Å²) in [6, 6.07) is 12.7. The van der Waals surface area contributed by atoms with Crippen LogP contribution in [0, 0.1) is 14.9 Å². The Kier molecular flexibility index (Phi) is 11.6. The molecule has 1 heterocycles. The lowest BCUT2D eigenvalue weighted by atomic mass is 9.93. The van der Waals surface area contributed by atoms with Crippen molar-refractivity contribution in [1.29, 1.82) is 0 Å². The number of nitrogens with zero attached hydrogens (tertiary/aromatic N) is 3. The molecule has 3 aromatic rings. The molecule has 0 radical (unpaired) electrons. The van der Waals surface area contributed by atoms with Crippen LogP contribution in [-0.2, 0) is 10.0 Å². The Hall–Kier alpha value is -2.68. The van der Waals surface area contributed by atoms with Gasteiger partial charge in [-0.05, 0) is 79.2 Å². The van der Waals surface area contributed by atoms with E-state index in [0.29, 0.717) is 36.4 Å². The predicted octanol–water partition coefficient (Wildman–Crippen LogP) is 5.90. The Morgan fingerprint density at radius 2 is 1.80 bits per heavy atom. The van der Waals surface area contributed by atoms with Gasteiger partial charge in [-0.15, -0.1) is 0 Å². The van der Waals surface area contributed by atoms with E-state index in [4.69, 9.17) is 4.74 Å². The number of aromatic nitrogens is 2. The van der Waals surface area contributed by atoms with Gasteiger partial charge in [-0.2, -0.15) is 4.98 Å². The highest BCUT2D eigenvalue weighted by Crippen LogP contribution is 2.32. The summed E-state index contributed by atoms with van der Waals surface area (Å²) >= 11 is 2.12. The average Bonchev–Trinajstić information content (AvgIpc) is 2.89. The van der Waals surface area contributed by atoms with E-state index in [-0.39, 0.29) is 16.2 Å². The Balaban J connectivity index is 1.82. The monoisotopic (exact) mass is 695 g/mol. The second kappa shape index (κ2) is 14.5. The van der Waals surface area contributed by atoms with Gasteiger partial charge in [-0.1, -0.05) is 39.8 Å². The second-order valence-electron chi connectivity index (χ2n) is 11.3. The van der Waals surface area contributed by atoms with Gasteiger partial charge in [-0.3, -0.25) is 0 Å². The van der Waals surface area contributed by atoms with Gasteiger partial charge >= 0.3 is 0 Å². The van der Waals surface area contributed by atoms with Crippen molar-refractivity contribution < 1.29 is 13.2 Å². The van der Waals surface area contributed by atoms with Crippen LogP contribution in [0.5, 0.6) is 5.75 Å². The highest BCUT2D eigenvalue weighted by atomic mass is 127. The number of rotatable bonds is 15. The van der Waals surface area contributed by atoms with Crippen LogP contribution < -0.4 is 25.4 Å². The van der Waals surface area contributed by atoms with Crippen LogP contribution in [0.15, 0.2) is 53.6 Å². The average molecular weight is 696 g/mol. The third-order valence-electron chi connectivity index (χ3n) is 5.90. The van der Waals surface area contributed by atoms with E-state index in [2.05, 4.69) is 86.1 Å². The molecule has 0 aliphatic heterocycles. The minimum Gasteiger partial charge on any atom is -0.492 e. The fourth-order valence-electron chi connectivity index (χ4n) is 4.19. The van der Waals surface area contributed by atoms with Crippen LogP contribution in [0.3, 0.4) is 0 Å². The zero-order valence-corrected chi connectivity index (χ0v) is 27.9. The normalized spacial score (nSPS) is 12.0. The molecule has 10 nitrogen and oxygen atoms in total. The lowest BCUT2D eigenvalue weighted by Gasteiger charge is -2.29. The summed E-state index contributed by atoms with van der Waals surface area (Å²) in [7, 11) is 0.444. The molecule has 4 N–H and O–H groups in total. The van der Waals surface area contributed by atoms with Crippen molar-refractivity contribution in [3.63, 3.8) is 0 Å². The standard InChI is InChI=1S/C29H42IN7O3S/c1-8-40-25-15-21(32-18-29(4,5)19-37(6)7)13-14-23(25)35-28-31-17-22(30)27(36-28)34-24-11-9-10-12-26(24)41(38,39)33-16-20(2)3/h9-15,17,20,32-33H,8,16,18-19H2,1-7H3,(H2,31,34,35,36). The number of hydrogen-bond donors (Lipinski definition) is 4. The number of ether oxygens (including phenoxy) is 1. The molecule has 3 rings (SSSR count). The van der Waals surface area contributed by atoms with Gasteiger partial charge in [0.15, 0.2) is 0 Å². The van der Waals surface area contributed by atoms with Crippen molar-refractivity contribution in [1.82, 2.24) is 19.6 Å². The number of para-hydroxylation sites is 1. The summed E-state index contributed by atoms with van der Waals surface area (Å²) in [5, 5.41) is 9.98. The molecule has 12 heteroatoms. The molecule has 0 aliphatic carbocycles. The molecule has 0 atom stereocenters. The third-order valence-corrected chi connectivity index (χ3v) is 8.17. The molecule has 0 unspecified atom stereocenters. The molecule has 0 spiro atoms. The number of sulfonamides is 1. The summed E-state index contributed by atoms with van der Waals surface area (Å²) in [6.45, 7) is 12.9. The largest absolute Gasteiger partial charge is 0.492 e. The van der Waals surface area contributed by atoms with Gasteiger partial charge in [-0.25, -0.2) is 18.1 Å². The molecular weight excluding hydrogens is 653 g/mol. The van der Waals surface area contributed by atoms with E-state index in [1.54, 1.807) is 30.5 Å². The van der Waals surface area contributed by atoms with E-state index in [1.807, 2.05) is 39.0 Å². The molecular formula is C29H42IN7O3S. The highest BCUT2D eigenvalue weighted by molar-refractivity contribution is 14.1. The molecule has 1 aromatic heterocycles. The van der Waals surface area contributed by atoms with E-state index in [9.17, 15) is 8.42 Å². The number of nitrogens with one attached hydrogen (secondary N) is 4. The van der Waals surface area contributed by atoms with Gasteiger partial charge < -0.3 is 25.6 Å². The minimum atomic E-state index is -3.71. The maximum atomic E-state index is 13.0. The maximum absolute atomic E-state index is 13.0. The van der Waals surface area contributed by atoms with E-state index < -0.39 is 10.0 Å². The third kappa shape index (κ3) is 9.97. The first-order valence-corrected chi connectivity index (χ1v) is 16.2. The number of halogens is 1. The van der Waals surface area contributed by atoms with Gasteiger partial charge in [0.1, 0.15) is 16.5 Å². The molecule has 224 valence electrons. The van der Waals surface area contributed by atoms with Crippen LogP contribution in [0.1, 0.15) is 34.6 Å². The maximum Gasteiger partial charge on any atom is 0.242 e. The molecule has 0 saturated carbocycles. The number of hydrogen-bond acceptors (Lipinski definition) is 9. The first-order chi connectivity index (χ1) is 19.3. The summed E-state index contributed by atoms with van der Waals surface area (Å²) in [5.74, 6) is 1.68. The zero-order valence-electron chi connectivity index (χ0n) is 24.9. The van der Waals surface area contributed by atoms with Crippen LogP contribution >= 0.6 is 22.6 Å². The summed E-state index contributed by atoms with van der Waals surface area (Å²) < 4.78 is 35.3. The molecule has 2 aromatic carbocycles. The summed E-state index contributed by atoms with van der Waals surface area (Å²) in [4.78, 5) is 11.4. The van der Waals surface area contributed by atoms with Crippen LogP contribution in [0.4, 0.5) is 28.8 Å². The minimum absolute atomic E-state index is 0.0903. The fourth-order valence-corrected chi connectivity index (χ4v) is 5.95. The van der Waals surface area contributed by atoms with Gasteiger partial charge in [0.25, 0.3) is 0 Å². The SMILES string of the molecule is CCOc1cc(NCC(C)(C)CN(C)C)ccc1Nc1ncc(I)c(Nc2ccccc2S(=O)(=O)NCC(C)C)n1. The van der Waals surface area contributed by atoms with Gasteiger partial charge in [0.2, 0.25) is 16.0 Å². The Morgan fingerprint density at radius 3 is 2.49 bits per heavy atom. The summed E-state index contributed by atoms with van der Waals surface area (Å²) in [6.07, 6.45) is 1.68. The number of benzene rings is 2. The van der Waals surface area contributed by atoms with Crippen LogP contribution in [0.25, 0.3) is 0 Å². The molecule has 0 saturated heterocycles. The topological polar surface area (TPSA) is 121 Å². The Bertz CT molecular complexity index is 1420. The number of anilines is 5. The zero-order chi connectivity index (χ0) is 30.2. The Labute approximate surface area is 258 Å². The fraction of sp³-hybridized carbons (Fsp3) is 0.448. The van der Waals surface area contributed by atoms with Crippen molar-refractivity contribution in [3.8, 4) is 5.75 Å². The van der Waals surface area contributed by atoms with Crippen LogP contribution in [-0.4, -0.2) is 63.6 Å². The molecule has 0 fully saturated rings. The Morgan fingerprint density at radius 1 is 1.07 bits per heavy atom. The van der Waals surface area contributed by atoms with Crippen molar-refractivity contribution >= 4 is 61.4 Å². The predicted molar refractivity (Wildman–Crippen MR) is 176 cm³/mol. The van der Waals surface area contributed by atoms with Crippen molar-refractivity contribution in [2.24, 2.45) is 11.3 Å². The van der Waals surface area contributed by atoms with Crippen molar-refractivity contribution in [3.05, 3.63) is 52.2 Å². The lowest BCUT2D eigenvalue weighted by Crippen LogP contribution is -2.34. The van der Waals surface area contributed by atoms with Crippen molar-refractivity contribution in [2.45, 2.75) is 39.5 Å². The molecule has 0 aliphatic rings. The van der Waals surface area contributed by atoms with E-state index in [1.165, 1.54) is 0 Å². The first-order valence-electron chi connectivity index (χ1n) is 13.6. The smallest absolute Gasteiger partial charge is 0.242 e. The molecule has 41 heavy (non-hydrogen) atoms. The molecule has 0 bridgehead atoms. The second-order valence-corrected chi connectivity index (χ2v) is 14.2. The van der Waals surface area contributed by atoms with E-state index >= 15 is 0 Å². The summed E-state index contributed by atoms with van der Waals surface area (Å²) in [5.41, 5.74) is 2.19. The van der Waals surface area contributed by atoms with E-state index in [0.717, 1.165) is 28.0 Å². The quantitative estimate of drug-likeness (QED) is 0.144. The van der Waals surface area contributed by atoms with Gasteiger partial charge in [0, 0.05) is 37.6 Å². The van der Waals surface area contributed by atoms with Gasteiger partial charge in [0.05, 0.1) is 21.6 Å². The molecule has 0 amide bonds.